The Morgan fingerprint density at radius 2 is 1.80 bits per heavy atom. The maximum atomic E-state index is 12.4. The summed E-state index contributed by atoms with van der Waals surface area (Å²) in [5.41, 5.74) is 2.49. The smallest absolute Gasteiger partial charge is 0.344 e. The zero-order valence-corrected chi connectivity index (χ0v) is 14.4. The summed E-state index contributed by atoms with van der Waals surface area (Å²) in [6, 6.07) is 14.6. The third kappa shape index (κ3) is 2.29. The van der Waals surface area contributed by atoms with E-state index < -0.39 is 5.63 Å². The molecule has 0 bridgehead atoms. The van der Waals surface area contributed by atoms with Crippen LogP contribution in [0, 0.1) is 6.92 Å². The Morgan fingerprint density at radius 1 is 1.08 bits per heavy atom. The van der Waals surface area contributed by atoms with E-state index in [2.05, 4.69) is 0 Å². The average molecular weight is 352 g/mol. The number of nitrogens with zero attached hydrogens (tertiary/aromatic N) is 1. The van der Waals surface area contributed by atoms with Crippen molar-refractivity contribution in [2.24, 2.45) is 0 Å². The van der Waals surface area contributed by atoms with Crippen LogP contribution >= 0.6 is 11.6 Å². The first-order valence-corrected chi connectivity index (χ1v) is 8.20. The number of carbonyl (C=O) groups is 1. The Hall–Kier alpha value is -2.85. The van der Waals surface area contributed by atoms with Crippen molar-refractivity contribution in [2.45, 2.75) is 13.8 Å². The molecule has 0 aliphatic heterocycles. The first-order chi connectivity index (χ1) is 12.0. The summed E-state index contributed by atoms with van der Waals surface area (Å²) in [6.45, 7) is 3.31. The highest BCUT2D eigenvalue weighted by Crippen LogP contribution is 2.33. The molecule has 5 heteroatoms. The van der Waals surface area contributed by atoms with Gasteiger partial charge >= 0.3 is 5.63 Å². The van der Waals surface area contributed by atoms with Crippen molar-refractivity contribution in [1.29, 1.82) is 0 Å². The minimum Gasteiger partial charge on any atom is -0.420 e. The number of Topliss-reactive ketones (excluding diaryl/α,β-unsaturated/α-hetero) is 1. The van der Waals surface area contributed by atoms with Gasteiger partial charge in [0.1, 0.15) is 0 Å². The van der Waals surface area contributed by atoms with Gasteiger partial charge in [0.05, 0.1) is 16.5 Å². The first-order valence-electron chi connectivity index (χ1n) is 7.83. The third-order valence-corrected chi connectivity index (χ3v) is 4.61. The van der Waals surface area contributed by atoms with Crippen LogP contribution in [-0.4, -0.2) is 10.4 Å². The molecule has 0 spiro atoms. The van der Waals surface area contributed by atoms with E-state index in [1.54, 1.807) is 18.2 Å². The van der Waals surface area contributed by atoms with Gasteiger partial charge in [-0.05, 0) is 38.1 Å². The molecule has 0 fully saturated rings. The van der Waals surface area contributed by atoms with Gasteiger partial charge in [-0.15, -0.1) is 0 Å². The number of hydrogen-bond acceptors (Lipinski definition) is 3. The topological polar surface area (TPSA) is 52.2 Å². The number of aromatic nitrogens is 1. The van der Waals surface area contributed by atoms with E-state index in [-0.39, 0.29) is 5.78 Å². The molecule has 2 heterocycles. The lowest BCUT2D eigenvalue weighted by Crippen LogP contribution is -2.01. The summed E-state index contributed by atoms with van der Waals surface area (Å²) in [5.74, 6) is -0.151. The Bertz CT molecular complexity index is 1220. The minimum absolute atomic E-state index is 0.151. The van der Waals surface area contributed by atoms with E-state index in [1.165, 1.54) is 6.92 Å². The van der Waals surface area contributed by atoms with Crippen LogP contribution in [0.25, 0.3) is 27.6 Å². The maximum absolute atomic E-state index is 12.4. The molecule has 0 aliphatic carbocycles. The lowest BCUT2D eigenvalue weighted by atomic mass is 10.1. The summed E-state index contributed by atoms with van der Waals surface area (Å²) in [5, 5.41) is 1.81. The van der Waals surface area contributed by atoms with Gasteiger partial charge in [0, 0.05) is 21.8 Å². The van der Waals surface area contributed by atoms with Crippen molar-refractivity contribution >= 4 is 39.3 Å². The van der Waals surface area contributed by atoms with Crippen molar-refractivity contribution in [3.05, 3.63) is 75.2 Å². The Balaban J connectivity index is 2.30. The van der Waals surface area contributed by atoms with Gasteiger partial charge in [0.25, 0.3) is 0 Å². The predicted molar refractivity (Wildman–Crippen MR) is 99.1 cm³/mol. The molecule has 0 saturated heterocycles. The number of fused-ring (bicyclic) bond motifs is 3. The molecule has 0 saturated carbocycles. The second kappa shape index (κ2) is 5.60. The molecule has 0 N–H and O–H groups in total. The van der Waals surface area contributed by atoms with Crippen LogP contribution in [0.1, 0.15) is 23.0 Å². The molecule has 124 valence electrons. The number of halogens is 1. The van der Waals surface area contributed by atoms with Gasteiger partial charge in [0.2, 0.25) is 0 Å². The van der Waals surface area contributed by atoms with E-state index in [1.807, 2.05) is 41.8 Å². The fourth-order valence-corrected chi connectivity index (χ4v) is 3.56. The molecule has 0 atom stereocenters. The van der Waals surface area contributed by atoms with Crippen LogP contribution in [0.4, 0.5) is 0 Å². The van der Waals surface area contributed by atoms with Gasteiger partial charge < -0.3 is 8.98 Å². The number of benzene rings is 2. The zero-order chi connectivity index (χ0) is 17.7. The van der Waals surface area contributed by atoms with Crippen molar-refractivity contribution in [3.63, 3.8) is 0 Å². The molecule has 2 aromatic heterocycles. The lowest BCUT2D eigenvalue weighted by molar-refractivity contribution is 0.101. The van der Waals surface area contributed by atoms with Crippen molar-refractivity contribution in [1.82, 2.24) is 4.57 Å². The van der Waals surface area contributed by atoms with E-state index in [0.29, 0.717) is 32.8 Å². The summed E-state index contributed by atoms with van der Waals surface area (Å²) in [4.78, 5) is 24.6. The normalized spacial score (nSPS) is 11.3. The molecule has 0 unspecified atom stereocenters. The summed E-state index contributed by atoms with van der Waals surface area (Å²) in [6.07, 6.45) is 0. The second-order valence-electron chi connectivity index (χ2n) is 5.94. The minimum atomic E-state index is -0.450. The molecule has 4 aromatic rings. The van der Waals surface area contributed by atoms with Crippen LogP contribution < -0.4 is 5.63 Å². The second-order valence-corrected chi connectivity index (χ2v) is 6.38. The standard InChI is InChI=1S/C20H14ClNO3/c1-11-17(12(2)23)19-18(22(11)14-7-5-6-13(21)10-14)15-8-3-4-9-16(15)20(24)25-19/h3-10H,1-2H3. The Morgan fingerprint density at radius 3 is 2.48 bits per heavy atom. The molecule has 0 amide bonds. The fraction of sp³-hybridized carbons (Fsp3) is 0.100. The van der Waals surface area contributed by atoms with Crippen molar-refractivity contribution in [2.75, 3.05) is 0 Å². The Kier molecular flexibility index (Phi) is 3.51. The molecule has 4 nitrogen and oxygen atoms in total. The van der Waals surface area contributed by atoms with Crippen LogP contribution in [-0.2, 0) is 0 Å². The zero-order valence-electron chi connectivity index (χ0n) is 13.7. The molecule has 25 heavy (non-hydrogen) atoms. The molecule has 0 aliphatic rings. The highest BCUT2D eigenvalue weighted by Gasteiger charge is 2.23. The van der Waals surface area contributed by atoms with Gasteiger partial charge in [-0.3, -0.25) is 4.79 Å². The maximum Gasteiger partial charge on any atom is 0.344 e. The van der Waals surface area contributed by atoms with Crippen LogP contribution in [0.5, 0.6) is 0 Å². The molecule has 0 radical (unpaired) electrons. The number of hydrogen-bond donors (Lipinski definition) is 0. The third-order valence-electron chi connectivity index (χ3n) is 4.38. The van der Waals surface area contributed by atoms with Gasteiger partial charge in [0.15, 0.2) is 11.4 Å². The summed E-state index contributed by atoms with van der Waals surface area (Å²) < 4.78 is 7.47. The molecule has 2 aromatic carbocycles. The largest absolute Gasteiger partial charge is 0.420 e. The summed E-state index contributed by atoms with van der Waals surface area (Å²) >= 11 is 6.16. The van der Waals surface area contributed by atoms with E-state index in [9.17, 15) is 9.59 Å². The lowest BCUT2D eigenvalue weighted by Gasteiger charge is -2.10. The van der Waals surface area contributed by atoms with Gasteiger partial charge in [-0.1, -0.05) is 35.9 Å². The van der Waals surface area contributed by atoms with Gasteiger partial charge in [-0.2, -0.15) is 0 Å². The average Bonchev–Trinajstić information content (AvgIpc) is 2.87. The molecular weight excluding hydrogens is 338 g/mol. The van der Waals surface area contributed by atoms with Gasteiger partial charge in [-0.25, -0.2) is 4.79 Å². The fourth-order valence-electron chi connectivity index (χ4n) is 3.37. The van der Waals surface area contributed by atoms with Crippen LogP contribution in [0.15, 0.2) is 57.7 Å². The van der Waals surface area contributed by atoms with Crippen molar-refractivity contribution < 1.29 is 9.21 Å². The van der Waals surface area contributed by atoms with E-state index in [0.717, 1.165) is 11.1 Å². The first kappa shape index (κ1) is 15.7. The highest BCUT2D eigenvalue weighted by molar-refractivity contribution is 6.30. The number of ketones is 1. The van der Waals surface area contributed by atoms with Crippen LogP contribution in [0.2, 0.25) is 5.02 Å². The SMILES string of the molecule is CC(=O)c1c(C)n(-c2cccc(Cl)c2)c2c1oc(=O)c1ccccc12. The Labute approximate surface area is 148 Å². The number of rotatable bonds is 2. The van der Waals surface area contributed by atoms with E-state index in [4.69, 9.17) is 16.0 Å². The van der Waals surface area contributed by atoms with E-state index >= 15 is 0 Å². The van der Waals surface area contributed by atoms with Crippen molar-refractivity contribution in [3.8, 4) is 5.69 Å². The quantitative estimate of drug-likeness (QED) is 0.482. The monoisotopic (exact) mass is 351 g/mol. The highest BCUT2D eigenvalue weighted by atomic mass is 35.5. The number of carbonyl (C=O) groups excluding carboxylic acids is 1. The summed E-state index contributed by atoms with van der Waals surface area (Å²) in [7, 11) is 0. The van der Waals surface area contributed by atoms with Crippen LogP contribution in [0.3, 0.4) is 0 Å². The predicted octanol–water partition coefficient (Wildman–Crippen LogP) is 4.90. The molecular formula is C20H14ClNO3. The molecule has 4 rings (SSSR count).